The number of aromatic hydroxyl groups is 2. The van der Waals surface area contributed by atoms with Crippen LogP contribution >= 0.6 is 0 Å². The monoisotopic (exact) mass is 225 g/mol. The summed E-state index contributed by atoms with van der Waals surface area (Å²) in [7, 11) is 0. The van der Waals surface area contributed by atoms with Gasteiger partial charge in [-0.3, -0.25) is 4.79 Å². The molecule has 0 spiro atoms. The first-order valence-electron chi connectivity index (χ1n) is 4.77. The second-order valence-electron chi connectivity index (χ2n) is 4.24. The lowest BCUT2D eigenvalue weighted by molar-refractivity contribution is -0.140. The number of nitrogens with two attached hydrogens (primary N) is 1. The van der Waals surface area contributed by atoms with E-state index in [9.17, 15) is 15.0 Å². The predicted octanol–water partition coefficient (Wildman–Crippen LogP) is 0.787. The second-order valence-corrected chi connectivity index (χ2v) is 4.24. The maximum absolute atomic E-state index is 10.8. The Kier molecular flexibility index (Phi) is 3.09. The number of carbonyl (C=O) groups is 1. The first-order chi connectivity index (χ1) is 7.26. The molecule has 1 aromatic carbocycles. The summed E-state index contributed by atoms with van der Waals surface area (Å²) >= 11 is 0. The summed E-state index contributed by atoms with van der Waals surface area (Å²) in [6, 6.07) is 2.78. The lowest BCUT2D eigenvalue weighted by Crippen LogP contribution is -2.46. The molecule has 1 atom stereocenters. The van der Waals surface area contributed by atoms with Crippen molar-refractivity contribution in [2.24, 2.45) is 5.73 Å². The van der Waals surface area contributed by atoms with Gasteiger partial charge < -0.3 is 21.1 Å². The van der Waals surface area contributed by atoms with Gasteiger partial charge in [0.05, 0.1) is 0 Å². The highest BCUT2D eigenvalue weighted by Gasteiger charge is 2.35. The predicted molar refractivity (Wildman–Crippen MR) is 58.4 cm³/mol. The Labute approximate surface area is 93.1 Å². The van der Waals surface area contributed by atoms with Crippen LogP contribution < -0.4 is 5.73 Å². The smallest absolute Gasteiger partial charge is 0.321 e. The molecule has 0 radical (unpaired) electrons. The van der Waals surface area contributed by atoms with Crippen molar-refractivity contribution in [1.29, 1.82) is 0 Å². The van der Waals surface area contributed by atoms with Crippen LogP contribution in [0.4, 0.5) is 0 Å². The van der Waals surface area contributed by atoms with Gasteiger partial charge in [-0.2, -0.15) is 0 Å². The van der Waals surface area contributed by atoms with Gasteiger partial charge in [-0.15, -0.1) is 0 Å². The molecule has 5 N–H and O–H groups in total. The number of hydrogen-bond acceptors (Lipinski definition) is 4. The van der Waals surface area contributed by atoms with Gasteiger partial charge in [0.15, 0.2) is 0 Å². The molecule has 0 aromatic heterocycles. The van der Waals surface area contributed by atoms with E-state index in [-0.39, 0.29) is 11.5 Å². The molecule has 0 amide bonds. The van der Waals surface area contributed by atoms with Crippen molar-refractivity contribution in [1.82, 2.24) is 0 Å². The molecule has 1 aromatic rings. The molecule has 1 unspecified atom stereocenters. The summed E-state index contributed by atoms with van der Waals surface area (Å²) in [6.45, 7) is 3.20. The van der Waals surface area contributed by atoms with Crippen LogP contribution in [0.25, 0.3) is 0 Å². The number of hydrogen-bond donors (Lipinski definition) is 4. The van der Waals surface area contributed by atoms with Crippen LogP contribution in [-0.2, 0) is 10.2 Å². The van der Waals surface area contributed by atoms with Gasteiger partial charge in [-0.1, -0.05) is 13.8 Å². The maximum atomic E-state index is 10.8. The van der Waals surface area contributed by atoms with E-state index in [0.29, 0.717) is 5.56 Å². The number of carboxylic acids is 1. The van der Waals surface area contributed by atoms with Crippen molar-refractivity contribution in [3.05, 3.63) is 23.8 Å². The zero-order chi connectivity index (χ0) is 12.5. The van der Waals surface area contributed by atoms with Crippen LogP contribution in [0.15, 0.2) is 18.2 Å². The van der Waals surface area contributed by atoms with E-state index in [1.807, 2.05) is 0 Å². The van der Waals surface area contributed by atoms with E-state index >= 15 is 0 Å². The van der Waals surface area contributed by atoms with Crippen LogP contribution in [0.2, 0.25) is 0 Å². The lowest BCUT2D eigenvalue weighted by atomic mass is 9.77. The number of carboxylic acid groups (broad SMARTS) is 1. The van der Waals surface area contributed by atoms with Crippen LogP contribution in [0.5, 0.6) is 11.5 Å². The van der Waals surface area contributed by atoms with Crippen molar-refractivity contribution < 1.29 is 20.1 Å². The SMILES string of the molecule is CC(C)(c1cc(O)ccc1O)C(N)C(=O)O. The van der Waals surface area contributed by atoms with Gasteiger partial charge >= 0.3 is 5.97 Å². The van der Waals surface area contributed by atoms with E-state index < -0.39 is 17.4 Å². The number of benzene rings is 1. The largest absolute Gasteiger partial charge is 0.508 e. The first kappa shape index (κ1) is 12.3. The highest BCUT2D eigenvalue weighted by molar-refractivity contribution is 5.76. The summed E-state index contributed by atoms with van der Waals surface area (Å²) < 4.78 is 0. The summed E-state index contributed by atoms with van der Waals surface area (Å²) in [5, 5.41) is 27.8. The molecule has 0 saturated carbocycles. The number of rotatable bonds is 3. The van der Waals surface area contributed by atoms with Gasteiger partial charge in [0, 0.05) is 11.0 Å². The topological polar surface area (TPSA) is 104 Å². The van der Waals surface area contributed by atoms with Crippen LogP contribution in [0.1, 0.15) is 19.4 Å². The van der Waals surface area contributed by atoms with Gasteiger partial charge in [-0.05, 0) is 18.2 Å². The third-order valence-electron chi connectivity index (χ3n) is 2.72. The van der Waals surface area contributed by atoms with E-state index in [0.717, 1.165) is 0 Å². The molecule has 5 heteroatoms. The summed E-state index contributed by atoms with van der Waals surface area (Å²) in [6.07, 6.45) is 0. The Bertz CT molecular complexity index is 414. The molecule has 0 heterocycles. The maximum Gasteiger partial charge on any atom is 0.321 e. The van der Waals surface area contributed by atoms with Crippen LogP contribution in [0, 0.1) is 0 Å². The van der Waals surface area contributed by atoms with E-state index in [1.54, 1.807) is 13.8 Å². The molecule has 0 aliphatic heterocycles. The van der Waals surface area contributed by atoms with E-state index in [4.69, 9.17) is 10.8 Å². The fraction of sp³-hybridized carbons (Fsp3) is 0.364. The van der Waals surface area contributed by atoms with Crippen molar-refractivity contribution in [3.8, 4) is 11.5 Å². The fourth-order valence-electron chi connectivity index (χ4n) is 1.52. The molecule has 0 bridgehead atoms. The van der Waals surface area contributed by atoms with Crippen molar-refractivity contribution in [2.45, 2.75) is 25.3 Å². The normalized spacial score (nSPS) is 13.4. The summed E-state index contributed by atoms with van der Waals surface area (Å²) in [5.74, 6) is -1.29. The Morgan fingerprint density at radius 1 is 1.38 bits per heavy atom. The Morgan fingerprint density at radius 2 is 1.94 bits per heavy atom. The Morgan fingerprint density at radius 3 is 2.44 bits per heavy atom. The lowest BCUT2D eigenvalue weighted by Gasteiger charge is -2.29. The molecule has 88 valence electrons. The van der Waals surface area contributed by atoms with Gasteiger partial charge in [0.1, 0.15) is 17.5 Å². The second kappa shape index (κ2) is 4.02. The molecule has 1 rings (SSSR count). The molecule has 0 saturated heterocycles. The minimum absolute atomic E-state index is 0.0431. The molecule has 0 fully saturated rings. The number of phenolic OH excluding ortho intramolecular Hbond substituents is 2. The van der Waals surface area contributed by atoms with Crippen LogP contribution in [0.3, 0.4) is 0 Å². The number of aliphatic carboxylic acids is 1. The standard InChI is InChI=1S/C11H15NO4/c1-11(2,9(12)10(15)16)7-5-6(13)3-4-8(7)14/h3-5,9,13-14H,12H2,1-2H3,(H,15,16). The van der Waals surface area contributed by atoms with Gasteiger partial charge in [0.2, 0.25) is 0 Å². The molecular weight excluding hydrogens is 210 g/mol. The molecular formula is C11H15NO4. The molecule has 5 nitrogen and oxygen atoms in total. The highest BCUT2D eigenvalue weighted by atomic mass is 16.4. The van der Waals surface area contributed by atoms with Crippen LogP contribution in [-0.4, -0.2) is 27.3 Å². The average Bonchev–Trinajstić information content (AvgIpc) is 2.20. The molecule has 0 aliphatic rings. The summed E-state index contributed by atoms with van der Waals surface area (Å²) in [4.78, 5) is 10.8. The van der Waals surface area contributed by atoms with Gasteiger partial charge in [-0.25, -0.2) is 0 Å². The zero-order valence-corrected chi connectivity index (χ0v) is 9.14. The Balaban J connectivity index is 3.25. The first-order valence-corrected chi connectivity index (χ1v) is 4.77. The molecule has 0 aliphatic carbocycles. The van der Waals surface area contributed by atoms with Gasteiger partial charge in [0.25, 0.3) is 0 Å². The average molecular weight is 225 g/mol. The third kappa shape index (κ3) is 2.09. The highest BCUT2D eigenvalue weighted by Crippen LogP contribution is 2.35. The molecule has 16 heavy (non-hydrogen) atoms. The third-order valence-corrected chi connectivity index (χ3v) is 2.72. The van der Waals surface area contributed by atoms with E-state index in [1.165, 1.54) is 18.2 Å². The fourth-order valence-corrected chi connectivity index (χ4v) is 1.52. The quantitative estimate of drug-likeness (QED) is 0.569. The Hall–Kier alpha value is -1.75. The van der Waals surface area contributed by atoms with Crippen molar-refractivity contribution in [2.75, 3.05) is 0 Å². The van der Waals surface area contributed by atoms with Crippen molar-refractivity contribution >= 4 is 5.97 Å². The van der Waals surface area contributed by atoms with Crippen molar-refractivity contribution in [3.63, 3.8) is 0 Å². The minimum atomic E-state index is -1.17. The zero-order valence-electron chi connectivity index (χ0n) is 9.14. The van der Waals surface area contributed by atoms with E-state index in [2.05, 4.69) is 0 Å². The summed E-state index contributed by atoms with van der Waals surface area (Å²) in [5.41, 5.74) is 4.88. The minimum Gasteiger partial charge on any atom is -0.508 e. The number of phenols is 2.